The number of fused-ring (bicyclic) bond motifs is 1. The number of benzene rings is 2. The molecule has 2 aliphatic heterocycles. The van der Waals surface area contributed by atoms with Crippen molar-refractivity contribution in [2.75, 3.05) is 47.6 Å². The van der Waals surface area contributed by atoms with Crippen molar-refractivity contribution < 1.29 is 26.4 Å². The van der Waals surface area contributed by atoms with Crippen molar-refractivity contribution in [3.05, 3.63) is 42.3 Å². The van der Waals surface area contributed by atoms with E-state index in [4.69, 9.17) is 4.42 Å². The Morgan fingerprint density at radius 2 is 1.61 bits per heavy atom. The molecule has 0 radical (unpaired) electrons. The van der Waals surface area contributed by atoms with Crippen LogP contribution in [0.5, 0.6) is 0 Å². The number of hydrogen-bond acceptors (Lipinski definition) is 7. The zero-order valence-corrected chi connectivity index (χ0v) is 22.0. The molecule has 11 heteroatoms. The lowest BCUT2D eigenvalue weighted by Gasteiger charge is -2.35. The van der Waals surface area contributed by atoms with E-state index in [1.165, 1.54) is 25.3 Å². The van der Waals surface area contributed by atoms with Gasteiger partial charge in [0.25, 0.3) is 11.8 Å². The highest BCUT2D eigenvalue weighted by Gasteiger charge is 2.44. The largest absolute Gasteiger partial charge is 0.443 e. The van der Waals surface area contributed by atoms with Crippen molar-refractivity contribution >= 4 is 43.9 Å². The summed E-state index contributed by atoms with van der Waals surface area (Å²) in [4.78, 5) is 22.0. The molecule has 3 heterocycles. The Hall–Kier alpha value is -3.21. The van der Waals surface area contributed by atoms with E-state index in [-0.39, 0.29) is 36.7 Å². The first-order valence-corrected chi connectivity index (χ1v) is 14.8. The maximum Gasteiger partial charge on any atom is 0.257 e. The summed E-state index contributed by atoms with van der Waals surface area (Å²) < 4.78 is 57.6. The molecule has 1 aromatic heterocycles. The van der Waals surface area contributed by atoms with Gasteiger partial charge in [-0.25, -0.2) is 22.2 Å². The molecule has 38 heavy (non-hydrogen) atoms. The highest BCUT2D eigenvalue weighted by atomic mass is 32.2. The quantitative estimate of drug-likeness (QED) is 0.478. The minimum absolute atomic E-state index is 0.167. The summed E-state index contributed by atoms with van der Waals surface area (Å²) >= 11 is 0. The fourth-order valence-electron chi connectivity index (χ4n) is 5.63. The van der Waals surface area contributed by atoms with Gasteiger partial charge in [0.1, 0.15) is 5.52 Å². The molecule has 2 aromatic carbocycles. The third-order valence-corrected chi connectivity index (χ3v) is 9.38. The summed E-state index contributed by atoms with van der Waals surface area (Å²) in [5, 5.41) is 2.92. The van der Waals surface area contributed by atoms with Crippen molar-refractivity contribution in [1.29, 1.82) is 0 Å². The van der Waals surface area contributed by atoms with Crippen molar-refractivity contribution in [1.82, 2.24) is 4.98 Å². The van der Waals surface area contributed by atoms with Gasteiger partial charge >= 0.3 is 0 Å². The average Bonchev–Trinajstić information content (AvgIpc) is 3.45. The van der Waals surface area contributed by atoms with E-state index < -0.39 is 15.8 Å². The number of aromatic nitrogens is 1. The van der Waals surface area contributed by atoms with Gasteiger partial charge in [0.2, 0.25) is 0 Å². The van der Waals surface area contributed by atoms with Gasteiger partial charge in [-0.15, -0.1) is 0 Å². The molecule has 0 atom stereocenters. The molecule has 1 spiro atoms. The number of nitrogens with one attached hydrogen (secondary N) is 1. The van der Waals surface area contributed by atoms with Crippen LogP contribution < -0.4 is 15.1 Å². The highest BCUT2D eigenvalue weighted by molar-refractivity contribution is 7.90. The number of alkyl halides is 2. The van der Waals surface area contributed by atoms with E-state index in [0.29, 0.717) is 39.1 Å². The van der Waals surface area contributed by atoms with Gasteiger partial charge in [-0.3, -0.25) is 4.79 Å². The molecule has 202 valence electrons. The molecule has 3 aliphatic rings. The maximum absolute atomic E-state index is 13.8. The van der Waals surface area contributed by atoms with Gasteiger partial charge in [0.05, 0.1) is 21.8 Å². The van der Waals surface area contributed by atoms with Crippen LogP contribution in [0.15, 0.2) is 46.0 Å². The molecule has 1 aliphatic carbocycles. The van der Waals surface area contributed by atoms with Gasteiger partial charge in [-0.05, 0) is 55.4 Å². The molecule has 0 bridgehead atoms. The molecule has 1 N–H and O–H groups in total. The zero-order valence-electron chi connectivity index (χ0n) is 21.2. The molecular weight excluding hydrogens is 514 g/mol. The number of halogens is 2. The lowest BCUT2D eigenvalue weighted by molar-refractivity contribution is -0.0220. The molecule has 1 saturated carbocycles. The minimum atomic E-state index is -3.46. The van der Waals surface area contributed by atoms with Crippen LogP contribution in [0.4, 0.5) is 25.8 Å². The molecular formula is C27H30F2N4O4S. The summed E-state index contributed by atoms with van der Waals surface area (Å²) in [5.74, 6) is -3.07. The Balaban J connectivity index is 1.31. The Kier molecular flexibility index (Phi) is 5.89. The fourth-order valence-corrected chi connectivity index (χ4v) is 6.27. The molecule has 3 aromatic rings. The van der Waals surface area contributed by atoms with Crippen molar-refractivity contribution in [2.45, 2.75) is 49.3 Å². The summed E-state index contributed by atoms with van der Waals surface area (Å²) in [6.45, 7) is 1.86. The van der Waals surface area contributed by atoms with Crippen LogP contribution in [-0.4, -0.2) is 57.7 Å². The van der Waals surface area contributed by atoms with Crippen molar-refractivity contribution in [2.24, 2.45) is 5.41 Å². The second-order valence-electron chi connectivity index (χ2n) is 10.9. The smallest absolute Gasteiger partial charge is 0.257 e. The van der Waals surface area contributed by atoms with Crippen LogP contribution in [0, 0.1) is 5.41 Å². The number of sulfone groups is 1. The first-order valence-electron chi connectivity index (χ1n) is 12.9. The average molecular weight is 545 g/mol. The Labute approximate surface area is 219 Å². The number of nitrogens with zero attached hydrogens (tertiary/aromatic N) is 3. The van der Waals surface area contributed by atoms with Crippen LogP contribution in [0.2, 0.25) is 0 Å². The second-order valence-corrected chi connectivity index (χ2v) is 12.9. The number of anilines is 3. The first-order chi connectivity index (χ1) is 18.0. The molecule has 1 amide bonds. The summed E-state index contributed by atoms with van der Waals surface area (Å²) in [5.41, 5.74) is 3.46. The van der Waals surface area contributed by atoms with Crippen molar-refractivity contribution in [3.8, 4) is 0 Å². The summed E-state index contributed by atoms with van der Waals surface area (Å²) in [6, 6.07) is 8.00. The fraction of sp³-hybridized carbons (Fsp3) is 0.481. The van der Waals surface area contributed by atoms with Gasteiger partial charge in [0, 0.05) is 57.0 Å². The third-order valence-electron chi connectivity index (χ3n) is 8.27. The lowest BCUT2D eigenvalue weighted by atomic mass is 9.93. The van der Waals surface area contributed by atoms with E-state index in [2.05, 4.69) is 15.2 Å². The number of oxazole rings is 1. The second kappa shape index (κ2) is 8.93. The van der Waals surface area contributed by atoms with Gasteiger partial charge in [-0.2, -0.15) is 0 Å². The summed E-state index contributed by atoms with van der Waals surface area (Å²) in [7, 11) is -3.46. The Morgan fingerprint density at radius 3 is 2.26 bits per heavy atom. The van der Waals surface area contributed by atoms with E-state index in [1.54, 1.807) is 24.3 Å². The van der Waals surface area contributed by atoms with Gasteiger partial charge in [0.15, 0.2) is 21.8 Å². The molecule has 3 fully saturated rings. The van der Waals surface area contributed by atoms with Crippen molar-refractivity contribution in [3.63, 3.8) is 0 Å². The predicted octanol–water partition coefficient (Wildman–Crippen LogP) is 5.10. The van der Waals surface area contributed by atoms with Gasteiger partial charge < -0.3 is 19.5 Å². The maximum atomic E-state index is 13.8. The number of hydrogen-bond donors (Lipinski definition) is 1. The van der Waals surface area contributed by atoms with Gasteiger partial charge in [-0.1, -0.05) is 0 Å². The number of carbonyl (C=O) groups excluding carboxylic acids is 1. The molecule has 2 saturated heterocycles. The van der Waals surface area contributed by atoms with E-state index in [0.717, 1.165) is 32.2 Å². The standard InChI is InChI=1S/C27H30F2N4O4S/c1-38(35,36)19-2-3-20(21(16-19)32-10-6-26(4-5-26)7-11-32)25(34)31-18-14-22(24-23(15-18)37-17-30-24)33-12-8-27(28,29)9-13-33/h2-3,14-17H,4-13H2,1H3,(H,31,34). The highest BCUT2D eigenvalue weighted by Crippen LogP contribution is 2.54. The van der Waals surface area contributed by atoms with Crippen LogP contribution in [0.25, 0.3) is 11.1 Å². The topological polar surface area (TPSA) is 95.8 Å². The first kappa shape index (κ1) is 25.1. The molecule has 8 nitrogen and oxygen atoms in total. The van der Waals surface area contributed by atoms with E-state index in [9.17, 15) is 22.0 Å². The number of rotatable bonds is 5. The van der Waals surface area contributed by atoms with Crippen LogP contribution in [-0.2, 0) is 9.84 Å². The number of amides is 1. The molecule has 0 unspecified atom stereocenters. The number of carbonyl (C=O) groups is 1. The number of piperidine rings is 2. The zero-order chi connectivity index (χ0) is 26.7. The minimum Gasteiger partial charge on any atom is -0.443 e. The third kappa shape index (κ3) is 4.83. The van der Waals surface area contributed by atoms with Crippen LogP contribution >= 0.6 is 0 Å². The Bertz CT molecular complexity index is 1500. The lowest BCUT2D eigenvalue weighted by Crippen LogP contribution is -2.39. The van der Waals surface area contributed by atoms with E-state index >= 15 is 0 Å². The normalized spacial score (nSPS) is 20.6. The molecule has 6 rings (SSSR count). The SMILES string of the molecule is CS(=O)(=O)c1ccc(C(=O)Nc2cc(N3CCC(F)(F)CC3)c3ncoc3c2)c(N2CCC3(CC2)CC3)c1. The monoisotopic (exact) mass is 544 g/mol. The predicted molar refractivity (Wildman–Crippen MR) is 141 cm³/mol. The van der Waals surface area contributed by atoms with Crippen LogP contribution in [0.1, 0.15) is 48.9 Å². The summed E-state index contributed by atoms with van der Waals surface area (Å²) in [6.07, 6.45) is 6.47. The van der Waals surface area contributed by atoms with Crippen LogP contribution in [0.3, 0.4) is 0 Å². The Morgan fingerprint density at radius 1 is 0.947 bits per heavy atom. The van der Waals surface area contributed by atoms with E-state index in [1.807, 2.05) is 4.90 Å².